The normalized spacial score (nSPS) is 13.8. The summed E-state index contributed by atoms with van der Waals surface area (Å²) in [5.74, 6) is 0.320. The summed E-state index contributed by atoms with van der Waals surface area (Å²) in [6.45, 7) is 3.82. The van der Waals surface area contributed by atoms with Gasteiger partial charge in [0, 0.05) is 17.4 Å². The van der Waals surface area contributed by atoms with Gasteiger partial charge in [0.25, 0.3) is 5.91 Å². The monoisotopic (exact) mass is 282 g/mol. The minimum absolute atomic E-state index is 0.214. The van der Waals surface area contributed by atoms with E-state index < -0.39 is 0 Å². The van der Waals surface area contributed by atoms with Gasteiger partial charge in [0.15, 0.2) is 0 Å². The first kappa shape index (κ1) is 13.5. The Labute approximate surface area is 123 Å². The molecule has 1 aromatic carbocycles. The number of nitrogens with zero attached hydrogens (tertiary/aromatic N) is 2. The third kappa shape index (κ3) is 3.37. The number of aryl methyl sites for hydroxylation is 2. The van der Waals surface area contributed by atoms with Gasteiger partial charge in [-0.25, -0.2) is 9.97 Å². The molecule has 0 bridgehead atoms. The molecule has 21 heavy (non-hydrogen) atoms. The van der Waals surface area contributed by atoms with Crippen molar-refractivity contribution in [2.75, 3.05) is 10.6 Å². The van der Waals surface area contributed by atoms with E-state index in [0.29, 0.717) is 17.7 Å². The van der Waals surface area contributed by atoms with Crippen LogP contribution in [0.1, 0.15) is 34.6 Å². The highest BCUT2D eigenvalue weighted by molar-refractivity contribution is 6.03. The number of aromatic nitrogens is 2. The predicted octanol–water partition coefficient (Wildman–Crippen LogP) is 2.92. The number of anilines is 2. The molecule has 0 atom stereocenters. The molecule has 1 aliphatic carbocycles. The highest BCUT2D eigenvalue weighted by Crippen LogP contribution is 2.23. The first-order valence-electron chi connectivity index (χ1n) is 7.11. The third-order valence-corrected chi connectivity index (χ3v) is 3.39. The van der Waals surface area contributed by atoms with Gasteiger partial charge in [0.2, 0.25) is 5.95 Å². The van der Waals surface area contributed by atoms with Crippen LogP contribution in [-0.4, -0.2) is 21.9 Å². The lowest BCUT2D eigenvalue weighted by molar-refractivity contribution is 0.102. The Hall–Kier alpha value is -2.43. The van der Waals surface area contributed by atoms with E-state index in [0.717, 1.165) is 29.8 Å². The molecule has 0 spiro atoms. The van der Waals surface area contributed by atoms with Crippen molar-refractivity contribution in [2.45, 2.75) is 32.7 Å². The molecule has 1 fully saturated rings. The number of nitrogens with one attached hydrogen (secondary N) is 2. The summed E-state index contributed by atoms with van der Waals surface area (Å²) >= 11 is 0. The second kappa shape index (κ2) is 5.52. The van der Waals surface area contributed by atoms with Crippen LogP contribution in [0.2, 0.25) is 0 Å². The highest BCUT2D eigenvalue weighted by atomic mass is 16.1. The van der Waals surface area contributed by atoms with E-state index in [2.05, 4.69) is 20.6 Å². The average molecular weight is 282 g/mol. The van der Waals surface area contributed by atoms with Gasteiger partial charge in [-0.05, 0) is 44.4 Å². The Bertz CT molecular complexity index is 680. The van der Waals surface area contributed by atoms with Crippen molar-refractivity contribution < 1.29 is 4.79 Å². The van der Waals surface area contributed by atoms with Crippen LogP contribution in [0.3, 0.4) is 0 Å². The van der Waals surface area contributed by atoms with Crippen molar-refractivity contribution >= 4 is 17.5 Å². The molecule has 0 unspecified atom stereocenters. The molecule has 0 saturated heterocycles. The summed E-state index contributed by atoms with van der Waals surface area (Å²) < 4.78 is 0. The lowest BCUT2D eigenvalue weighted by atomic mass is 10.2. The minimum Gasteiger partial charge on any atom is -0.351 e. The van der Waals surface area contributed by atoms with Crippen molar-refractivity contribution in [3.05, 3.63) is 47.3 Å². The maximum absolute atomic E-state index is 12.3. The van der Waals surface area contributed by atoms with Crippen molar-refractivity contribution in [1.82, 2.24) is 9.97 Å². The standard InChI is InChI=1S/C16H18N4O/c1-10-5-3-4-6-13(10)19-15(21)14-9-11(2)17-16(20-14)18-12-7-8-12/h3-6,9,12H,7-8H2,1-2H3,(H,19,21)(H,17,18,20). The molecule has 1 aliphatic rings. The topological polar surface area (TPSA) is 66.9 Å². The van der Waals surface area contributed by atoms with Crippen LogP contribution in [0, 0.1) is 13.8 Å². The zero-order chi connectivity index (χ0) is 14.8. The number of carbonyl (C=O) groups is 1. The fourth-order valence-electron chi connectivity index (χ4n) is 2.06. The Morgan fingerprint density at radius 1 is 1.19 bits per heavy atom. The summed E-state index contributed by atoms with van der Waals surface area (Å²) in [4.78, 5) is 21.0. The first-order chi connectivity index (χ1) is 10.1. The lowest BCUT2D eigenvalue weighted by Crippen LogP contribution is -2.17. The molecule has 108 valence electrons. The van der Waals surface area contributed by atoms with E-state index >= 15 is 0 Å². The number of para-hydroxylation sites is 1. The molecule has 1 aromatic heterocycles. The zero-order valence-electron chi connectivity index (χ0n) is 12.2. The fourth-order valence-corrected chi connectivity index (χ4v) is 2.06. The van der Waals surface area contributed by atoms with Crippen LogP contribution >= 0.6 is 0 Å². The second-order valence-electron chi connectivity index (χ2n) is 5.41. The molecule has 0 aliphatic heterocycles. The van der Waals surface area contributed by atoms with E-state index in [9.17, 15) is 4.79 Å². The lowest BCUT2D eigenvalue weighted by Gasteiger charge is -2.09. The van der Waals surface area contributed by atoms with E-state index in [4.69, 9.17) is 0 Å². The van der Waals surface area contributed by atoms with Gasteiger partial charge in [-0.3, -0.25) is 4.79 Å². The molecule has 1 heterocycles. The summed E-state index contributed by atoms with van der Waals surface area (Å²) in [5, 5.41) is 6.12. The number of carbonyl (C=O) groups excluding carboxylic acids is 1. The molecular weight excluding hydrogens is 264 g/mol. The molecule has 2 N–H and O–H groups in total. The van der Waals surface area contributed by atoms with Gasteiger partial charge in [0.1, 0.15) is 5.69 Å². The number of benzene rings is 1. The van der Waals surface area contributed by atoms with Gasteiger partial charge in [0.05, 0.1) is 0 Å². The van der Waals surface area contributed by atoms with Crippen molar-refractivity contribution in [2.24, 2.45) is 0 Å². The molecule has 0 radical (unpaired) electrons. The van der Waals surface area contributed by atoms with E-state index in [-0.39, 0.29) is 5.91 Å². The zero-order valence-corrected chi connectivity index (χ0v) is 12.2. The second-order valence-corrected chi connectivity index (χ2v) is 5.41. The Kier molecular flexibility index (Phi) is 3.56. The SMILES string of the molecule is Cc1cc(C(=O)Nc2ccccc2C)nc(NC2CC2)n1. The van der Waals surface area contributed by atoms with Crippen molar-refractivity contribution in [1.29, 1.82) is 0 Å². The van der Waals surface area contributed by atoms with E-state index in [1.165, 1.54) is 0 Å². The largest absolute Gasteiger partial charge is 0.351 e. The van der Waals surface area contributed by atoms with Gasteiger partial charge in [-0.1, -0.05) is 18.2 Å². The van der Waals surface area contributed by atoms with Crippen molar-refractivity contribution in [3.8, 4) is 0 Å². The third-order valence-electron chi connectivity index (χ3n) is 3.39. The van der Waals surface area contributed by atoms with Crippen LogP contribution < -0.4 is 10.6 Å². The van der Waals surface area contributed by atoms with Gasteiger partial charge < -0.3 is 10.6 Å². The number of amides is 1. The summed E-state index contributed by atoms with van der Waals surface area (Å²) in [6.07, 6.45) is 2.28. The van der Waals surface area contributed by atoms with E-state index in [1.807, 2.05) is 38.1 Å². The summed E-state index contributed by atoms with van der Waals surface area (Å²) in [6, 6.07) is 9.84. The van der Waals surface area contributed by atoms with Crippen LogP contribution in [0.5, 0.6) is 0 Å². The first-order valence-corrected chi connectivity index (χ1v) is 7.11. The van der Waals surface area contributed by atoms with Gasteiger partial charge in [-0.15, -0.1) is 0 Å². The average Bonchev–Trinajstić information content (AvgIpc) is 3.24. The molecular formula is C16H18N4O. The Balaban J connectivity index is 1.80. The highest BCUT2D eigenvalue weighted by Gasteiger charge is 2.22. The van der Waals surface area contributed by atoms with Crippen LogP contribution in [0.15, 0.2) is 30.3 Å². The maximum Gasteiger partial charge on any atom is 0.274 e. The predicted molar refractivity (Wildman–Crippen MR) is 82.5 cm³/mol. The maximum atomic E-state index is 12.3. The summed E-state index contributed by atoms with van der Waals surface area (Å²) in [7, 11) is 0. The quantitative estimate of drug-likeness (QED) is 0.904. The minimum atomic E-state index is -0.214. The molecule has 5 nitrogen and oxygen atoms in total. The van der Waals surface area contributed by atoms with Crippen molar-refractivity contribution in [3.63, 3.8) is 0 Å². The summed E-state index contributed by atoms with van der Waals surface area (Å²) in [5.41, 5.74) is 2.99. The van der Waals surface area contributed by atoms with Crippen LogP contribution in [-0.2, 0) is 0 Å². The molecule has 1 amide bonds. The molecule has 3 rings (SSSR count). The number of hydrogen-bond acceptors (Lipinski definition) is 4. The van der Waals surface area contributed by atoms with Gasteiger partial charge >= 0.3 is 0 Å². The van der Waals surface area contributed by atoms with E-state index in [1.54, 1.807) is 6.07 Å². The van der Waals surface area contributed by atoms with Gasteiger partial charge in [-0.2, -0.15) is 0 Å². The number of hydrogen-bond donors (Lipinski definition) is 2. The Morgan fingerprint density at radius 2 is 1.95 bits per heavy atom. The van der Waals surface area contributed by atoms with Crippen LogP contribution in [0.25, 0.3) is 0 Å². The molecule has 1 saturated carbocycles. The molecule has 2 aromatic rings. The fraction of sp³-hybridized carbons (Fsp3) is 0.312. The molecule has 5 heteroatoms. The van der Waals surface area contributed by atoms with Crippen LogP contribution in [0.4, 0.5) is 11.6 Å². The smallest absolute Gasteiger partial charge is 0.274 e. The Morgan fingerprint density at radius 3 is 2.67 bits per heavy atom. The number of rotatable bonds is 4.